The molecule has 7 heteroatoms. The Labute approximate surface area is 150 Å². The second-order valence-corrected chi connectivity index (χ2v) is 7.32. The Balaban J connectivity index is 1.58. The first-order valence-corrected chi connectivity index (χ1v) is 9.09. The Kier molecular flexibility index (Phi) is 5.65. The van der Waals surface area contributed by atoms with Crippen molar-refractivity contribution in [2.45, 2.75) is 44.6 Å². The first-order chi connectivity index (χ1) is 12.4. The van der Waals surface area contributed by atoms with Crippen LogP contribution in [0.3, 0.4) is 0 Å². The molecule has 4 nitrogen and oxygen atoms in total. The van der Waals surface area contributed by atoms with Crippen LogP contribution in [0.4, 0.5) is 13.2 Å². The zero-order valence-electron chi connectivity index (χ0n) is 14.5. The number of rotatable bonds is 4. The summed E-state index contributed by atoms with van der Waals surface area (Å²) < 4.78 is 40.6. The summed E-state index contributed by atoms with van der Waals surface area (Å²) in [4.78, 5) is 26.5. The van der Waals surface area contributed by atoms with Crippen molar-refractivity contribution in [3.63, 3.8) is 0 Å². The number of Topliss-reactive ketones (excluding diaryl/α,β-unsaturated/α-hetero) is 1. The van der Waals surface area contributed by atoms with Gasteiger partial charge in [-0.05, 0) is 31.6 Å². The van der Waals surface area contributed by atoms with E-state index in [2.05, 4.69) is 0 Å². The Morgan fingerprint density at radius 2 is 1.65 bits per heavy atom. The van der Waals surface area contributed by atoms with E-state index in [0.29, 0.717) is 44.5 Å². The van der Waals surface area contributed by atoms with Gasteiger partial charge in [-0.3, -0.25) is 9.59 Å². The number of benzene rings is 1. The molecule has 1 aromatic rings. The van der Waals surface area contributed by atoms with E-state index in [1.165, 1.54) is 0 Å². The molecular weight excluding hydrogens is 345 g/mol. The van der Waals surface area contributed by atoms with Crippen molar-refractivity contribution in [1.29, 1.82) is 0 Å². The second-order valence-electron chi connectivity index (χ2n) is 7.32. The molecule has 0 radical (unpaired) electrons. The normalized spacial score (nSPS) is 24.1. The average molecular weight is 368 g/mol. The number of hydrogen-bond acceptors (Lipinski definition) is 3. The molecule has 2 N–H and O–H groups in total. The topological polar surface area (TPSA) is 63.4 Å². The standard InChI is InChI=1S/C19H23F3N2O2/c20-13-9-14(21)18(15(22)10-13)19(26)11-4-6-24(7-5-11)17(25)8-12-2-1-3-16(12)23/h9-12,16H,1-8,23H2/t12-,16+/m0/s1. The summed E-state index contributed by atoms with van der Waals surface area (Å²) in [6.07, 6.45) is 4.06. The minimum Gasteiger partial charge on any atom is -0.343 e. The van der Waals surface area contributed by atoms with E-state index in [9.17, 15) is 22.8 Å². The number of amides is 1. The predicted octanol–water partition coefficient (Wildman–Crippen LogP) is 3.04. The van der Waals surface area contributed by atoms with Crippen molar-refractivity contribution in [1.82, 2.24) is 4.90 Å². The molecule has 1 amide bonds. The number of nitrogens with zero attached hydrogens (tertiary/aromatic N) is 1. The van der Waals surface area contributed by atoms with Gasteiger partial charge in [-0.1, -0.05) is 6.42 Å². The molecule has 0 bridgehead atoms. The average Bonchev–Trinajstić information content (AvgIpc) is 2.99. The number of nitrogens with two attached hydrogens (primary N) is 1. The molecule has 0 aromatic heterocycles. The molecule has 3 rings (SSSR count). The highest BCUT2D eigenvalue weighted by Crippen LogP contribution is 2.29. The van der Waals surface area contributed by atoms with Crippen molar-refractivity contribution < 1.29 is 22.8 Å². The van der Waals surface area contributed by atoms with Crippen LogP contribution in [0.2, 0.25) is 0 Å². The molecule has 142 valence electrons. The Morgan fingerprint density at radius 3 is 2.19 bits per heavy atom. The molecule has 2 fully saturated rings. The number of piperidine rings is 1. The lowest BCUT2D eigenvalue weighted by Crippen LogP contribution is -2.42. The molecule has 1 aliphatic carbocycles. The molecular formula is C19H23F3N2O2. The second kappa shape index (κ2) is 7.78. The highest BCUT2D eigenvalue weighted by atomic mass is 19.1. The fraction of sp³-hybridized carbons (Fsp3) is 0.579. The Bertz CT molecular complexity index is 679. The van der Waals surface area contributed by atoms with Crippen molar-refractivity contribution in [2.24, 2.45) is 17.6 Å². The van der Waals surface area contributed by atoms with E-state index >= 15 is 0 Å². The molecule has 2 atom stereocenters. The fourth-order valence-electron chi connectivity index (χ4n) is 4.05. The number of likely N-dealkylation sites (tertiary alicyclic amines) is 1. The van der Waals surface area contributed by atoms with Crippen molar-refractivity contribution >= 4 is 11.7 Å². The van der Waals surface area contributed by atoms with Crippen molar-refractivity contribution in [3.05, 3.63) is 35.1 Å². The van der Waals surface area contributed by atoms with Gasteiger partial charge >= 0.3 is 0 Å². The summed E-state index contributed by atoms with van der Waals surface area (Å²) in [5.41, 5.74) is 5.32. The van der Waals surface area contributed by atoms with Gasteiger partial charge in [0.05, 0.1) is 5.56 Å². The van der Waals surface area contributed by atoms with Crippen LogP contribution in [-0.4, -0.2) is 35.7 Å². The third-order valence-electron chi connectivity index (χ3n) is 5.63. The highest BCUT2D eigenvalue weighted by Gasteiger charge is 2.33. The maximum Gasteiger partial charge on any atom is 0.222 e. The first-order valence-electron chi connectivity index (χ1n) is 9.09. The lowest BCUT2D eigenvalue weighted by Gasteiger charge is -2.32. The van der Waals surface area contributed by atoms with Gasteiger partial charge in [0.15, 0.2) is 5.78 Å². The third-order valence-corrected chi connectivity index (χ3v) is 5.63. The number of carbonyl (C=O) groups excluding carboxylic acids is 2. The molecule has 1 aliphatic heterocycles. The van der Waals surface area contributed by atoms with Crippen LogP contribution < -0.4 is 5.73 Å². The van der Waals surface area contributed by atoms with Crippen molar-refractivity contribution in [3.8, 4) is 0 Å². The predicted molar refractivity (Wildman–Crippen MR) is 89.9 cm³/mol. The van der Waals surface area contributed by atoms with Gasteiger partial charge in [0.2, 0.25) is 5.91 Å². The van der Waals surface area contributed by atoms with Gasteiger partial charge in [0.25, 0.3) is 0 Å². The quantitative estimate of drug-likeness (QED) is 0.831. The first kappa shape index (κ1) is 18.9. The fourth-order valence-corrected chi connectivity index (χ4v) is 4.05. The van der Waals surface area contributed by atoms with E-state index < -0.39 is 34.7 Å². The number of carbonyl (C=O) groups is 2. The van der Waals surface area contributed by atoms with Crippen LogP contribution in [0.15, 0.2) is 12.1 Å². The van der Waals surface area contributed by atoms with Crippen LogP contribution in [0.5, 0.6) is 0 Å². The van der Waals surface area contributed by atoms with E-state index in [1.807, 2.05) is 0 Å². The summed E-state index contributed by atoms with van der Waals surface area (Å²) in [6, 6.07) is 1.10. The molecule has 1 saturated heterocycles. The lowest BCUT2D eigenvalue weighted by atomic mass is 9.88. The minimum atomic E-state index is -1.18. The molecule has 26 heavy (non-hydrogen) atoms. The Morgan fingerprint density at radius 1 is 1.04 bits per heavy atom. The maximum absolute atomic E-state index is 13.8. The highest BCUT2D eigenvalue weighted by molar-refractivity contribution is 5.98. The molecule has 1 heterocycles. The van der Waals surface area contributed by atoms with E-state index in [1.54, 1.807) is 4.90 Å². The van der Waals surface area contributed by atoms with Crippen LogP contribution in [-0.2, 0) is 4.79 Å². The van der Waals surface area contributed by atoms with Crippen molar-refractivity contribution in [2.75, 3.05) is 13.1 Å². The number of hydrogen-bond donors (Lipinski definition) is 1. The van der Waals surface area contributed by atoms with Gasteiger partial charge in [0, 0.05) is 43.6 Å². The SMILES string of the molecule is N[C@@H]1CCC[C@H]1CC(=O)N1CCC(C(=O)c2c(F)cc(F)cc2F)CC1. The third kappa shape index (κ3) is 3.92. The molecule has 0 unspecified atom stereocenters. The van der Waals surface area contributed by atoms with Gasteiger partial charge in [-0.25, -0.2) is 13.2 Å². The summed E-state index contributed by atoms with van der Waals surface area (Å²) in [5.74, 6) is -4.40. The zero-order valence-corrected chi connectivity index (χ0v) is 14.5. The smallest absolute Gasteiger partial charge is 0.222 e. The van der Waals surface area contributed by atoms with Crippen LogP contribution >= 0.6 is 0 Å². The van der Waals surface area contributed by atoms with Gasteiger partial charge in [0.1, 0.15) is 17.5 Å². The number of halogens is 3. The van der Waals surface area contributed by atoms with E-state index in [4.69, 9.17) is 5.73 Å². The van der Waals surface area contributed by atoms with E-state index in [0.717, 1.165) is 19.3 Å². The minimum absolute atomic E-state index is 0.0254. The van der Waals surface area contributed by atoms with E-state index in [-0.39, 0.29) is 17.9 Å². The molecule has 1 aromatic carbocycles. The molecule has 1 saturated carbocycles. The number of ketones is 1. The summed E-state index contributed by atoms with van der Waals surface area (Å²) in [7, 11) is 0. The molecule has 2 aliphatic rings. The Hall–Kier alpha value is -1.89. The largest absolute Gasteiger partial charge is 0.343 e. The lowest BCUT2D eigenvalue weighted by molar-refractivity contribution is -0.133. The van der Waals surface area contributed by atoms with Crippen LogP contribution in [0.25, 0.3) is 0 Å². The maximum atomic E-state index is 13.8. The van der Waals surface area contributed by atoms with Crippen LogP contribution in [0.1, 0.15) is 48.9 Å². The summed E-state index contributed by atoms with van der Waals surface area (Å²) in [6.45, 7) is 0.753. The van der Waals surface area contributed by atoms with Crippen LogP contribution in [0, 0.1) is 29.3 Å². The molecule has 0 spiro atoms. The monoisotopic (exact) mass is 368 g/mol. The van der Waals surface area contributed by atoms with Gasteiger partial charge in [-0.15, -0.1) is 0 Å². The summed E-state index contributed by atoms with van der Waals surface area (Å²) >= 11 is 0. The van der Waals surface area contributed by atoms with Gasteiger partial charge < -0.3 is 10.6 Å². The summed E-state index contributed by atoms with van der Waals surface area (Å²) in [5, 5.41) is 0. The van der Waals surface area contributed by atoms with Gasteiger partial charge in [-0.2, -0.15) is 0 Å². The zero-order chi connectivity index (χ0) is 18.8.